The molecule has 0 bridgehead atoms. The van der Waals surface area contributed by atoms with Crippen molar-refractivity contribution in [3.05, 3.63) is 48.4 Å². The molecule has 0 radical (unpaired) electrons. The molecule has 1 aliphatic heterocycles. The van der Waals surface area contributed by atoms with Crippen LogP contribution in [0.2, 0.25) is 0 Å². The fourth-order valence-corrected chi connectivity index (χ4v) is 3.09. The monoisotopic (exact) mass is 340 g/mol. The average Bonchev–Trinajstić information content (AvgIpc) is 2.68. The van der Waals surface area contributed by atoms with E-state index in [-0.39, 0.29) is 5.91 Å². The van der Waals surface area contributed by atoms with E-state index in [2.05, 4.69) is 30.3 Å². The highest BCUT2D eigenvalue weighted by Crippen LogP contribution is 2.19. The zero-order chi connectivity index (χ0) is 17.5. The van der Waals surface area contributed by atoms with Gasteiger partial charge >= 0.3 is 0 Å². The van der Waals surface area contributed by atoms with Crippen LogP contribution in [0.25, 0.3) is 0 Å². The summed E-state index contributed by atoms with van der Waals surface area (Å²) < 4.78 is 0. The van der Waals surface area contributed by atoms with E-state index >= 15 is 0 Å². The lowest BCUT2D eigenvalue weighted by Crippen LogP contribution is -2.49. The number of piperidine rings is 1. The molecular formula is C18H24N6O. The Morgan fingerprint density at radius 1 is 1.32 bits per heavy atom. The van der Waals surface area contributed by atoms with Crippen LogP contribution >= 0.6 is 0 Å². The largest absolute Gasteiger partial charge is 0.354 e. The molecule has 0 aliphatic carbocycles. The van der Waals surface area contributed by atoms with Gasteiger partial charge in [0, 0.05) is 31.5 Å². The van der Waals surface area contributed by atoms with E-state index in [4.69, 9.17) is 0 Å². The van der Waals surface area contributed by atoms with E-state index in [0.29, 0.717) is 19.1 Å². The summed E-state index contributed by atoms with van der Waals surface area (Å²) in [6.45, 7) is 2.69. The number of nitrogens with one attached hydrogen (secondary N) is 1. The van der Waals surface area contributed by atoms with Crippen molar-refractivity contribution < 1.29 is 4.79 Å². The Morgan fingerprint density at radius 3 is 3.00 bits per heavy atom. The van der Waals surface area contributed by atoms with E-state index in [1.54, 1.807) is 12.4 Å². The van der Waals surface area contributed by atoms with Crippen LogP contribution < -0.4 is 10.2 Å². The van der Waals surface area contributed by atoms with Gasteiger partial charge in [-0.3, -0.25) is 14.7 Å². The minimum atomic E-state index is 0.0183. The van der Waals surface area contributed by atoms with Crippen molar-refractivity contribution in [3.8, 4) is 0 Å². The molecule has 132 valence electrons. The van der Waals surface area contributed by atoms with Gasteiger partial charge in [0.25, 0.3) is 0 Å². The molecule has 0 spiro atoms. The van der Waals surface area contributed by atoms with Crippen LogP contribution in [0.15, 0.2) is 42.7 Å². The molecule has 2 aromatic rings. The second-order valence-electron chi connectivity index (χ2n) is 6.34. The van der Waals surface area contributed by atoms with Gasteiger partial charge in [0.2, 0.25) is 5.91 Å². The van der Waals surface area contributed by atoms with Crippen LogP contribution in [-0.4, -0.2) is 58.7 Å². The molecular weight excluding hydrogens is 316 g/mol. The normalized spacial score (nSPS) is 17.5. The Hall–Kier alpha value is -2.54. The maximum Gasteiger partial charge on any atom is 0.234 e. The Bertz CT molecular complexity index is 666. The van der Waals surface area contributed by atoms with Crippen molar-refractivity contribution in [1.29, 1.82) is 0 Å². The zero-order valence-electron chi connectivity index (χ0n) is 14.5. The second-order valence-corrected chi connectivity index (χ2v) is 6.34. The van der Waals surface area contributed by atoms with Crippen molar-refractivity contribution in [1.82, 2.24) is 25.4 Å². The summed E-state index contributed by atoms with van der Waals surface area (Å²) in [5.74, 6) is 0.921. The summed E-state index contributed by atoms with van der Waals surface area (Å²) in [6, 6.07) is 9.91. The molecule has 1 atom stereocenters. The number of anilines is 1. The number of rotatable bonds is 6. The predicted molar refractivity (Wildman–Crippen MR) is 96.0 cm³/mol. The fraction of sp³-hybridized carbons (Fsp3) is 0.444. The standard InChI is InChI=1S/C18H24N6O/c1-23(14-18(25)20-12-15-6-2-3-9-19-15)16-7-5-11-24(13-16)17-8-4-10-21-22-17/h2-4,6,8-10,16H,5,7,11-14H2,1H3,(H,20,25). The number of carbonyl (C=O) groups excluding carboxylic acids is 1. The van der Waals surface area contributed by atoms with Gasteiger partial charge < -0.3 is 10.2 Å². The Morgan fingerprint density at radius 2 is 2.24 bits per heavy atom. The third-order valence-electron chi connectivity index (χ3n) is 4.49. The summed E-state index contributed by atoms with van der Waals surface area (Å²) in [4.78, 5) is 20.8. The third-order valence-corrected chi connectivity index (χ3v) is 4.49. The molecule has 7 nitrogen and oxygen atoms in total. The molecule has 1 unspecified atom stereocenters. The summed E-state index contributed by atoms with van der Waals surface area (Å²) in [7, 11) is 2.01. The number of likely N-dealkylation sites (N-methyl/N-ethyl adjacent to an activating group) is 1. The van der Waals surface area contributed by atoms with Crippen LogP contribution in [0.1, 0.15) is 18.5 Å². The molecule has 2 aromatic heterocycles. The van der Waals surface area contributed by atoms with Crippen LogP contribution in [0, 0.1) is 0 Å². The van der Waals surface area contributed by atoms with E-state index in [9.17, 15) is 4.79 Å². The maximum atomic E-state index is 12.2. The van der Waals surface area contributed by atoms with Gasteiger partial charge in [0.1, 0.15) is 0 Å². The Kier molecular flexibility index (Phi) is 5.90. The number of hydrogen-bond acceptors (Lipinski definition) is 6. The predicted octanol–water partition coefficient (Wildman–Crippen LogP) is 1.09. The van der Waals surface area contributed by atoms with E-state index < -0.39 is 0 Å². The number of carbonyl (C=O) groups is 1. The first-order valence-electron chi connectivity index (χ1n) is 8.62. The van der Waals surface area contributed by atoms with E-state index in [0.717, 1.165) is 37.4 Å². The summed E-state index contributed by atoms with van der Waals surface area (Å²) in [5, 5.41) is 11.1. The number of hydrogen-bond donors (Lipinski definition) is 1. The topological polar surface area (TPSA) is 74.2 Å². The molecule has 1 saturated heterocycles. The average molecular weight is 340 g/mol. The van der Waals surface area contributed by atoms with Gasteiger partial charge in [0.05, 0.1) is 18.8 Å². The van der Waals surface area contributed by atoms with Gasteiger partial charge in [0.15, 0.2) is 5.82 Å². The highest BCUT2D eigenvalue weighted by molar-refractivity contribution is 5.77. The molecule has 1 aliphatic rings. The first-order valence-corrected chi connectivity index (χ1v) is 8.62. The summed E-state index contributed by atoms with van der Waals surface area (Å²) in [5.41, 5.74) is 0.866. The first-order chi connectivity index (χ1) is 12.2. The fourth-order valence-electron chi connectivity index (χ4n) is 3.09. The molecule has 7 heteroatoms. The minimum Gasteiger partial charge on any atom is -0.354 e. The Labute approximate surface area is 148 Å². The van der Waals surface area contributed by atoms with Crippen molar-refractivity contribution in [2.45, 2.75) is 25.4 Å². The SMILES string of the molecule is CN(CC(=O)NCc1ccccn1)C1CCCN(c2cccnn2)C1. The molecule has 3 rings (SSSR count). The Balaban J connectivity index is 1.48. The number of aromatic nitrogens is 3. The minimum absolute atomic E-state index is 0.0183. The van der Waals surface area contributed by atoms with Crippen molar-refractivity contribution in [3.63, 3.8) is 0 Å². The molecule has 0 saturated carbocycles. The van der Waals surface area contributed by atoms with Gasteiger partial charge in [-0.1, -0.05) is 6.07 Å². The quantitative estimate of drug-likeness (QED) is 0.848. The lowest BCUT2D eigenvalue weighted by Gasteiger charge is -2.37. The van der Waals surface area contributed by atoms with Crippen LogP contribution in [0.5, 0.6) is 0 Å². The molecule has 1 amide bonds. The van der Waals surface area contributed by atoms with Crippen molar-refractivity contribution >= 4 is 11.7 Å². The van der Waals surface area contributed by atoms with Crippen LogP contribution in [-0.2, 0) is 11.3 Å². The maximum absolute atomic E-state index is 12.2. The first kappa shape index (κ1) is 17.3. The highest BCUT2D eigenvalue weighted by atomic mass is 16.2. The van der Waals surface area contributed by atoms with Crippen LogP contribution in [0.3, 0.4) is 0 Å². The molecule has 0 aromatic carbocycles. The van der Waals surface area contributed by atoms with Gasteiger partial charge in [-0.2, -0.15) is 5.10 Å². The lowest BCUT2D eigenvalue weighted by atomic mass is 10.0. The summed E-state index contributed by atoms with van der Waals surface area (Å²) in [6.07, 6.45) is 5.58. The van der Waals surface area contributed by atoms with Gasteiger partial charge in [-0.05, 0) is 44.2 Å². The zero-order valence-corrected chi connectivity index (χ0v) is 14.5. The van der Waals surface area contributed by atoms with Crippen molar-refractivity contribution in [2.75, 3.05) is 31.6 Å². The number of nitrogens with zero attached hydrogens (tertiary/aromatic N) is 5. The van der Waals surface area contributed by atoms with Gasteiger partial charge in [-0.15, -0.1) is 5.10 Å². The van der Waals surface area contributed by atoms with Gasteiger partial charge in [-0.25, -0.2) is 0 Å². The molecule has 25 heavy (non-hydrogen) atoms. The summed E-state index contributed by atoms with van der Waals surface area (Å²) >= 11 is 0. The third kappa shape index (κ3) is 4.96. The number of amides is 1. The highest BCUT2D eigenvalue weighted by Gasteiger charge is 2.25. The van der Waals surface area contributed by atoms with Crippen LogP contribution in [0.4, 0.5) is 5.82 Å². The molecule has 3 heterocycles. The molecule has 1 N–H and O–H groups in total. The second kappa shape index (κ2) is 8.53. The lowest BCUT2D eigenvalue weighted by molar-refractivity contribution is -0.122. The smallest absolute Gasteiger partial charge is 0.234 e. The van der Waals surface area contributed by atoms with E-state index in [1.165, 1.54) is 0 Å². The van der Waals surface area contributed by atoms with Crippen molar-refractivity contribution in [2.24, 2.45) is 0 Å². The molecule has 1 fully saturated rings. The number of pyridine rings is 1. The van der Waals surface area contributed by atoms with E-state index in [1.807, 2.05) is 37.4 Å².